The minimum Gasteiger partial charge on any atom is -0.378 e. The Bertz CT molecular complexity index is 166. The van der Waals surface area contributed by atoms with Gasteiger partial charge in [0.1, 0.15) is 0 Å². The number of hydrogen-bond donors (Lipinski definition) is 0. The van der Waals surface area contributed by atoms with Crippen LogP contribution in [-0.2, 0) is 4.74 Å². The average Bonchev–Trinajstić information content (AvgIpc) is 2.30. The van der Waals surface area contributed by atoms with Gasteiger partial charge < -0.3 is 4.74 Å². The van der Waals surface area contributed by atoms with Gasteiger partial charge in [-0.15, -0.1) is 0 Å². The van der Waals surface area contributed by atoms with Gasteiger partial charge in [-0.05, 0) is 25.3 Å². The largest absolute Gasteiger partial charge is 0.378 e. The molecule has 0 bridgehead atoms. The van der Waals surface area contributed by atoms with E-state index in [0.717, 1.165) is 31.7 Å². The molecule has 1 aliphatic carbocycles. The zero-order chi connectivity index (χ0) is 9.80. The molecule has 82 valence electrons. The molecule has 2 rings (SSSR count). The van der Waals surface area contributed by atoms with Crippen LogP contribution in [0.1, 0.15) is 39.0 Å². The van der Waals surface area contributed by atoms with E-state index >= 15 is 0 Å². The maximum Gasteiger partial charge on any atom is 0.0625 e. The first kappa shape index (κ1) is 10.4. The maximum atomic E-state index is 5.63. The molecule has 2 heteroatoms. The van der Waals surface area contributed by atoms with Gasteiger partial charge in [-0.1, -0.05) is 26.2 Å². The van der Waals surface area contributed by atoms with Crippen LogP contribution in [0.3, 0.4) is 0 Å². The molecule has 1 heterocycles. The monoisotopic (exact) mass is 197 g/mol. The van der Waals surface area contributed by atoms with Crippen molar-refractivity contribution in [3.8, 4) is 0 Å². The van der Waals surface area contributed by atoms with Crippen molar-refractivity contribution in [2.24, 2.45) is 5.92 Å². The van der Waals surface area contributed by atoms with Gasteiger partial charge in [0.25, 0.3) is 0 Å². The zero-order valence-corrected chi connectivity index (χ0v) is 9.37. The Balaban J connectivity index is 1.91. The van der Waals surface area contributed by atoms with Crippen molar-refractivity contribution < 1.29 is 4.74 Å². The summed E-state index contributed by atoms with van der Waals surface area (Å²) < 4.78 is 5.63. The molecule has 0 spiro atoms. The van der Waals surface area contributed by atoms with Gasteiger partial charge >= 0.3 is 0 Å². The van der Waals surface area contributed by atoms with Gasteiger partial charge in [-0.25, -0.2) is 0 Å². The molecule has 0 radical (unpaired) electrons. The molecule has 1 saturated heterocycles. The van der Waals surface area contributed by atoms with Crippen LogP contribution in [0.5, 0.6) is 0 Å². The number of hydrogen-bond acceptors (Lipinski definition) is 2. The SMILES string of the molecule is CCN1CCOCC1C1CCCCC1. The summed E-state index contributed by atoms with van der Waals surface area (Å²) in [6.07, 6.45) is 7.21. The van der Waals surface area contributed by atoms with Crippen molar-refractivity contribution in [3.63, 3.8) is 0 Å². The highest BCUT2D eigenvalue weighted by molar-refractivity contribution is 4.83. The van der Waals surface area contributed by atoms with Gasteiger partial charge in [0.05, 0.1) is 13.2 Å². The fourth-order valence-electron chi connectivity index (χ4n) is 3.00. The summed E-state index contributed by atoms with van der Waals surface area (Å²) in [4.78, 5) is 2.62. The van der Waals surface area contributed by atoms with Crippen molar-refractivity contribution in [3.05, 3.63) is 0 Å². The molecule has 2 fully saturated rings. The molecule has 2 aliphatic rings. The molecular weight excluding hydrogens is 174 g/mol. The van der Waals surface area contributed by atoms with E-state index in [1.807, 2.05) is 0 Å². The average molecular weight is 197 g/mol. The second-order valence-corrected chi connectivity index (χ2v) is 4.67. The van der Waals surface area contributed by atoms with Crippen LogP contribution in [0.2, 0.25) is 0 Å². The first-order valence-electron chi connectivity index (χ1n) is 6.23. The second-order valence-electron chi connectivity index (χ2n) is 4.67. The zero-order valence-electron chi connectivity index (χ0n) is 9.37. The van der Waals surface area contributed by atoms with E-state index in [2.05, 4.69) is 11.8 Å². The Morgan fingerprint density at radius 3 is 2.71 bits per heavy atom. The van der Waals surface area contributed by atoms with Crippen molar-refractivity contribution >= 4 is 0 Å². The molecule has 0 aromatic carbocycles. The number of likely N-dealkylation sites (N-methyl/N-ethyl adjacent to an activating group) is 1. The van der Waals surface area contributed by atoms with E-state index in [0.29, 0.717) is 0 Å². The van der Waals surface area contributed by atoms with Crippen molar-refractivity contribution in [2.45, 2.75) is 45.1 Å². The van der Waals surface area contributed by atoms with Crippen LogP contribution in [0, 0.1) is 5.92 Å². The molecule has 1 unspecified atom stereocenters. The molecule has 1 aliphatic heterocycles. The Labute approximate surface area is 87.6 Å². The van der Waals surface area contributed by atoms with E-state index in [9.17, 15) is 0 Å². The molecule has 1 atom stereocenters. The Hall–Kier alpha value is -0.0800. The number of ether oxygens (including phenoxy) is 1. The van der Waals surface area contributed by atoms with E-state index in [-0.39, 0.29) is 0 Å². The van der Waals surface area contributed by atoms with Crippen molar-refractivity contribution in [1.29, 1.82) is 0 Å². The van der Waals surface area contributed by atoms with E-state index in [1.54, 1.807) is 0 Å². The van der Waals surface area contributed by atoms with Gasteiger partial charge in [0, 0.05) is 12.6 Å². The Morgan fingerprint density at radius 1 is 1.21 bits per heavy atom. The summed E-state index contributed by atoms with van der Waals surface area (Å²) in [5.41, 5.74) is 0. The molecule has 0 amide bonds. The van der Waals surface area contributed by atoms with Crippen molar-refractivity contribution in [2.75, 3.05) is 26.3 Å². The van der Waals surface area contributed by atoms with E-state index < -0.39 is 0 Å². The molecule has 1 saturated carbocycles. The fourth-order valence-corrected chi connectivity index (χ4v) is 3.00. The summed E-state index contributed by atoms with van der Waals surface area (Å²) in [5, 5.41) is 0. The van der Waals surface area contributed by atoms with Crippen LogP contribution < -0.4 is 0 Å². The van der Waals surface area contributed by atoms with Gasteiger partial charge in [0.15, 0.2) is 0 Å². The predicted octanol–water partition coefficient (Wildman–Crippen LogP) is 2.29. The normalized spacial score (nSPS) is 31.9. The van der Waals surface area contributed by atoms with Crippen LogP contribution in [0.25, 0.3) is 0 Å². The number of morpholine rings is 1. The lowest BCUT2D eigenvalue weighted by Gasteiger charge is -2.41. The molecular formula is C12H23NO. The first-order valence-corrected chi connectivity index (χ1v) is 6.23. The third kappa shape index (κ3) is 2.29. The van der Waals surface area contributed by atoms with Crippen LogP contribution in [0.15, 0.2) is 0 Å². The molecule has 0 aromatic heterocycles. The summed E-state index contributed by atoms with van der Waals surface area (Å²) in [6.45, 7) is 6.55. The summed E-state index contributed by atoms with van der Waals surface area (Å²) in [7, 11) is 0. The predicted molar refractivity (Wildman–Crippen MR) is 58.4 cm³/mol. The quantitative estimate of drug-likeness (QED) is 0.673. The fraction of sp³-hybridized carbons (Fsp3) is 1.00. The highest BCUT2D eigenvalue weighted by Crippen LogP contribution is 2.30. The number of nitrogens with zero attached hydrogens (tertiary/aromatic N) is 1. The van der Waals surface area contributed by atoms with Crippen molar-refractivity contribution in [1.82, 2.24) is 4.90 Å². The van der Waals surface area contributed by atoms with Gasteiger partial charge in [0.2, 0.25) is 0 Å². The molecule has 0 aromatic rings. The highest BCUT2D eigenvalue weighted by Gasteiger charge is 2.30. The van der Waals surface area contributed by atoms with E-state index in [4.69, 9.17) is 4.74 Å². The lowest BCUT2D eigenvalue weighted by Crippen LogP contribution is -2.49. The molecule has 14 heavy (non-hydrogen) atoms. The van der Waals surface area contributed by atoms with E-state index in [1.165, 1.54) is 38.6 Å². The minimum atomic E-state index is 0.731. The maximum absolute atomic E-state index is 5.63. The van der Waals surface area contributed by atoms with Gasteiger partial charge in [-0.3, -0.25) is 4.90 Å². The Kier molecular flexibility index (Phi) is 3.82. The summed E-state index contributed by atoms with van der Waals surface area (Å²) in [5.74, 6) is 0.920. The summed E-state index contributed by atoms with van der Waals surface area (Å²) in [6, 6.07) is 0.731. The first-order chi connectivity index (χ1) is 6.92. The Morgan fingerprint density at radius 2 is 2.00 bits per heavy atom. The van der Waals surface area contributed by atoms with Crippen LogP contribution in [0.4, 0.5) is 0 Å². The third-order valence-electron chi connectivity index (χ3n) is 3.88. The third-order valence-corrected chi connectivity index (χ3v) is 3.88. The molecule has 0 N–H and O–H groups in total. The second kappa shape index (κ2) is 5.13. The van der Waals surface area contributed by atoms with Gasteiger partial charge in [-0.2, -0.15) is 0 Å². The highest BCUT2D eigenvalue weighted by atomic mass is 16.5. The topological polar surface area (TPSA) is 12.5 Å². The lowest BCUT2D eigenvalue weighted by atomic mass is 9.83. The number of rotatable bonds is 2. The van der Waals surface area contributed by atoms with Crippen LogP contribution >= 0.6 is 0 Å². The van der Waals surface area contributed by atoms with Crippen LogP contribution in [-0.4, -0.2) is 37.2 Å². The molecule has 2 nitrogen and oxygen atoms in total. The standard InChI is InChI=1S/C12H23NO/c1-2-13-8-9-14-10-12(13)11-6-4-3-5-7-11/h11-12H,2-10H2,1H3. The minimum absolute atomic E-state index is 0.731. The lowest BCUT2D eigenvalue weighted by molar-refractivity contribution is -0.0338. The summed E-state index contributed by atoms with van der Waals surface area (Å²) >= 11 is 0. The smallest absolute Gasteiger partial charge is 0.0625 e.